The summed E-state index contributed by atoms with van der Waals surface area (Å²) in [6.45, 7) is 2.85. The van der Waals surface area contributed by atoms with Gasteiger partial charge in [-0.3, -0.25) is 14.4 Å². The molecule has 3 fully saturated rings. The second kappa shape index (κ2) is 12.5. The fourth-order valence-electron chi connectivity index (χ4n) is 6.92. The Kier molecular flexibility index (Phi) is 8.36. The Labute approximate surface area is 253 Å². The molecule has 0 aliphatic carbocycles. The van der Waals surface area contributed by atoms with E-state index in [0.29, 0.717) is 49.8 Å². The maximum atomic E-state index is 14.2. The Morgan fingerprint density at radius 1 is 0.814 bits per heavy atom. The molecule has 6 rings (SSSR count). The summed E-state index contributed by atoms with van der Waals surface area (Å²) >= 11 is 0. The van der Waals surface area contributed by atoms with Crippen LogP contribution in [0.25, 0.3) is 0 Å². The third-order valence-corrected chi connectivity index (χ3v) is 9.46. The number of hydrogen-bond donors (Lipinski definition) is 0. The summed E-state index contributed by atoms with van der Waals surface area (Å²) in [7, 11) is 1.60. The average molecular weight is 581 g/mol. The number of rotatable bonds is 7. The highest BCUT2D eigenvalue weighted by Gasteiger charge is 2.54. The number of anilines is 1. The van der Waals surface area contributed by atoms with Gasteiger partial charge in [-0.1, -0.05) is 48.5 Å². The van der Waals surface area contributed by atoms with E-state index in [-0.39, 0.29) is 24.3 Å². The van der Waals surface area contributed by atoms with Gasteiger partial charge in [-0.2, -0.15) is 0 Å². The number of benzene rings is 3. The van der Waals surface area contributed by atoms with Crippen LogP contribution in [-0.4, -0.2) is 84.5 Å². The summed E-state index contributed by atoms with van der Waals surface area (Å²) in [5.41, 5.74) is 2.13. The maximum absolute atomic E-state index is 14.2. The number of carbonyl (C=O) groups excluding carboxylic acids is 3. The number of hydrogen-bond acceptors (Lipinski definition) is 5. The predicted octanol–water partition coefficient (Wildman–Crippen LogP) is 4.46. The summed E-state index contributed by atoms with van der Waals surface area (Å²) in [5, 5.41) is 0. The Hall–Kier alpha value is -4.33. The highest BCUT2D eigenvalue weighted by Crippen LogP contribution is 2.40. The standard InChI is InChI=1S/C35H40N4O4/c1-43-31-14-12-29(13-15-31)33(41)37-22-18-35(19-23-37)34(42)38(26-39(35)30-10-6-3-7-11-30)25-32(40)36-20-16-28(17-21-36)24-27-8-4-2-5-9-27/h2-15,28H,16-26H2,1H3. The van der Waals surface area contributed by atoms with Gasteiger partial charge in [0.1, 0.15) is 17.8 Å². The molecule has 0 unspecified atom stereocenters. The Balaban J connectivity index is 1.11. The summed E-state index contributed by atoms with van der Waals surface area (Å²) in [6, 6.07) is 27.6. The summed E-state index contributed by atoms with van der Waals surface area (Å²) in [4.78, 5) is 48.5. The molecular formula is C35H40N4O4. The molecule has 3 heterocycles. The van der Waals surface area contributed by atoms with Crippen molar-refractivity contribution in [2.45, 2.75) is 37.6 Å². The van der Waals surface area contributed by atoms with E-state index in [1.165, 1.54) is 5.56 Å². The van der Waals surface area contributed by atoms with Crippen LogP contribution in [0, 0.1) is 5.92 Å². The van der Waals surface area contributed by atoms with E-state index in [9.17, 15) is 14.4 Å². The van der Waals surface area contributed by atoms with Crippen molar-refractivity contribution >= 4 is 23.4 Å². The zero-order valence-electron chi connectivity index (χ0n) is 24.9. The van der Waals surface area contributed by atoms with Crippen LogP contribution in [0.15, 0.2) is 84.9 Å². The van der Waals surface area contributed by atoms with Crippen LogP contribution in [-0.2, 0) is 16.0 Å². The van der Waals surface area contributed by atoms with Crippen molar-refractivity contribution < 1.29 is 19.1 Å². The molecule has 0 atom stereocenters. The molecule has 0 radical (unpaired) electrons. The molecule has 3 aromatic rings. The van der Waals surface area contributed by atoms with Crippen LogP contribution >= 0.6 is 0 Å². The minimum atomic E-state index is -0.777. The van der Waals surface area contributed by atoms with Crippen LogP contribution < -0.4 is 9.64 Å². The highest BCUT2D eigenvalue weighted by atomic mass is 16.5. The van der Waals surface area contributed by atoms with Crippen LogP contribution in [0.4, 0.5) is 5.69 Å². The molecule has 1 spiro atoms. The molecular weight excluding hydrogens is 540 g/mol. The fourth-order valence-corrected chi connectivity index (χ4v) is 6.92. The van der Waals surface area contributed by atoms with Gasteiger partial charge in [-0.25, -0.2) is 0 Å². The van der Waals surface area contributed by atoms with E-state index in [1.54, 1.807) is 36.3 Å². The number of para-hydroxylation sites is 1. The Bertz CT molecular complexity index is 1410. The second-order valence-corrected chi connectivity index (χ2v) is 12.0. The molecule has 8 heteroatoms. The fraction of sp³-hybridized carbons (Fsp3) is 0.400. The molecule has 3 aliphatic heterocycles. The molecule has 3 amide bonds. The van der Waals surface area contributed by atoms with Crippen LogP contribution in [0.1, 0.15) is 41.6 Å². The number of carbonyl (C=O) groups is 3. The Morgan fingerprint density at radius 2 is 1.44 bits per heavy atom. The smallest absolute Gasteiger partial charge is 0.253 e. The van der Waals surface area contributed by atoms with Crippen molar-refractivity contribution in [2.24, 2.45) is 5.92 Å². The van der Waals surface area contributed by atoms with Gasteiger partial charge in [0, 0.05) is 37.4 Å². The second-order valence-electron chi connectivity index (χ2n) is 12.0. The Morgan fingerprint density at radius 3 is 2.07 bits per heavy atom. The molecule has 3 aliphatic rings. The van der Waals surface area contributed by atoms with Crippen molar-refractivity contribution in [3.63, 3.8) is 0 Å². The van der Waals surface area contributed by atoms with E-state index in [1.807, 2.05) is 46.2 Å². The van der Waals surface area contributed by atoms with Crippen molar-refractivity contribution in [1.82, 2.24) is 14.7 Å². The lowest BCUT2D eigenvalue weighted by atomic mass is 9.85. The first-order valence-corrected chi connectivity index (χ1v) is 15.3. The molecule has 0 aromatic heterocycles. The van der Waals surface area contributed by atoms with E-state index >= 15 is 0 Å². The molecule has 43 heavy (non-hydrogen) atoms. The zero-order chi connectivity index (χ0) is 29.8. The van der Waals surface area contributed by atoms with E-state index < -0.39 is 5.54 Å². The predicted molar refractivity (Wildman–Crippen MR) is 166 cm³/mol. The monoisotopic (exact) mass is 580 g/mol. The van der Waals surface area contributed by atoms with Gasteiger partial charge in [0.25, 0.3) is 11.8 Å². The SMILES string of the molecule is COc1ccc(C(=O)N2CCC3(CC2)C(=O)N(CC(=O)N2CCC(Cc4ccccc4)CC2)CN3c2ccccc2)cc1. The third kappa shape index (κ3) is 5.96. The van der Waals surface area contributed by atoms with Crippen molar-refractivity contribution in [2.75, 3.05) is 51.4 Å². The number of piperidine rings is 2. The van der Waals surface area contributed by atoms with Crippen LogP contribution in [0.3, 0.4) is 0 Å². The van der Waals surface area contributed by atoms with E-state index in [0.717, 1.165) is 38.0 Å². The summed E-state index contributed by atoms with van der Waals surface area (Å²) in [6.07, 6.45) is 4.02. The van der Waals surface area contributed by atoms with Crippen molar-refractivity contribution in [1.29, 1.82) is 0 Å². The quantitative estimate of drug-likeness (QED) is 0.413. The average Bonchev–Trinajstić information content (AvgIpc) is 3.32. The number of likely N-dealkylation sites (tertiary alicyclic amines) is 2. The molecule has 3 saturated heterocycles. The number of ether oxygens (including phenoxy) is 1. The zero-order valence-corrected chi connectivity index (χ0v) is 24.9. The first-order valence-electron chi connectivity index (χ1n) is 15.3. The van der Waals surface area contributed by atoms with Gasteiger partial charge in [0.05, 0.1) is 13.8 Å². The van der Waals surface area contributed by atoms with E-state index in [4.69, 9.17) is 4.74 Å². The summed E-state index contributed by atoms with van der Waals surface area (Å²) < 4.78 is 5.23. The molecule has 8 nitrogen and oxygen atoms in total. The lowest BCUT2D eigenvalue weighted by Crippen LogP contribution is -2.57. The van der Waals surface area contributed by atoms with Gasteiger partial charge < -0.3 is 24.3 Å². The van der Waals surface area contributed by atoms with E-state index in [2.05, 4.69) is 29.2 Å². The van der Waals surface area contributed by atoms with Crippen LogP contribution in [0.2, 0.25) is 0 Å². The van der Waals surface area contributed by atoms with Crippen molar-refractivity contribution in [3.05, 3.63) is 96.1 Å². The first-order chi connectivity index (χ1) is 21.0. The minimum absolute atomic E-state index is 0.0137. The first kappa shape index (κ1) is 28.8. The largest absolute Gasteiger partial charge is 0.497 e. The molecule has 224 valence electrons. The summed E-state index contributed by atoms with van der Waals surface area (Å²) in [5.74, 6) is 1.23. The lowest BCUT2D eigenvalue weighted by Gasteiger charge is -2.43. The van der Waals surface area contributed by atoms with Gasteiger partial charge in [-0.05, 0) is 80.0 Å². The van der Waals surface area contributed by atoms with Gasteiger partial charge >= 0.3 is 0 Å². The molecule has 0 N–H and O–H groups in total. The van der Waals surface area contributed by atoms with Crippen LogP contribution in [0.5, 0.6) is 5.75 Å². The van der Waals surface area contributed by atoms with Gasteiger partial charge in [0.2, 0.25) is 5.91 Å². The third-order valence-electron chi connectivity index (χ3n) is 9.46. The highest BCUT2D eigenvalue weighted by molar-refractivity contribution is 5.97. The normalized spacial score (nSPS) is 18.8. The molecule has 0 bridgehead atoms. The molecule has 3 aromatic carbocycles. The number of nitrogens with zero attached hydrogens (tertiary/aromatic N) is 4. The lowest BCUT2D eigenvalue weighted by molar-refractivity contribution is -0.141. The number of methoxy groups -OCH3 is 1. The number of amides is 3. The van der Waals surface area contributed by atoms with Crippen molar-refractivity contribution in [3.8, 4) is 5.75 Å². The van der Waals surface area contributed by atoms with Gasteiger partial charge in [0.15, 0.2) is 0 Å². The maximum Gasteiger partial charge on any atom is 0.253 e. The minimum Gasteiger partial charge on any atom is -0.497 e. The van der Waals surface area contributed by atoms with Gasteiger partial charge in [-0.15, -0.1) is 0 Å². The topological polar surface area (TPSA) is 73.4 Å². The molecule has 0 saturated carbocycles.